The summed E-state index contributed by atoms with van der Waals surface area (Å²) < 4.78 is 66.3. The van der Waals surface area contributed by atoms with E-state index >= 15 is 0 Å². The Morgan fingerprint density at radius 1 is 1.32 bits per heavy atom. The zero-order chi connectivity index (χ0) is 14.8. The van der Waals surface area contributed by atoms with Crippen LogP contribution in [0.3, 0.4) is 0 Å². The van der Waals surface area contributed by atoms with Crippen LogP contribution in [0.15, 0.2) is 18.2 Å². The molecule has 0 spiro atoms. The Kier molecular flexibility index (Phi) is 3.88. The second-order valence-corrected chi connectivity index (χ2v) is 4.61. The quantitative estimate of drug-likeness (QED) is 0.364. The molecule has 0 aliphatic heterocycles. The van der Waals surface area contributed by atoms with Crippen molar-refractivity contribution in [1.82, 2.24) is 0 Å². The van der Waals surface area contributed by atoms with E-state index in [-0.39, 0.29) is 5.75 Å². The third kappa shape index (κ3) is 3.24. The van der Waals surface area contributed by atoms with Gasteiger partial charge >= 0.3 is 21.3 Å². The van der Waals surface area contributed by atoms with Crippen LogP contribution in [0, 0.1) is 10.1 Å². The van der Waals surface area contributed by atoms with E-state index in [1.165, 1.54) is 0 Å². The second kappa shape index (κ2) is 4.91. The maximum atomic E-state index is 12.1. The van der Waals surface area contributed by atoms with E-state index in [1.54, 1.807) is 0 Å². The largest absolute Gasteiger partial charge is 0.534 e. The number of alkyl halides is 3. The molecule has 0 saturated carbocycles. The molecule has 0 saturated heterocycles. The molecule has 0 fully saturated rings. The van der Waals surface area contributed by atoms with Crippen LogP contribution < -0.4 is 8.92 Å². The summed E-state index contributed by atoms with van der Waals surface area (Å²) in [4.78, 5) is 9.48. The molecular formula is C8H6F3NO6S. The fourth-order valence-corrected chi connectivity index (χ4v) is 1.47. The van der Waals surface area contributed by atoms with E-state index in [2.05, 4.69) is 8.92 Å². The first-order chi connectivity index (χ1) is 8.58. The summed E-state index contributed by atoms with van der Waals surface area (Å²) in [6.07, 6.45) is 0. The first-order valence-corrected chi connectivity index (χ1v) is 5.82. The third-order valence-electron chi connectivity index (χ3n) is 1.85. The van der Waals surface area contributed by atoms with Gasteiger partial charge < -0.3 is 8.92 Å². The number of ether oxygens (including phenoxy) is 1. The van der Waals surface area contributed by atoms with Crippen molar-refractivity contribution in [3.05, 3.63) is 28.3 Å². The number of hydrogen-bond acceptors (Lipinski definition) is 6. The minimum absolute atomic E-state index is 0.0991. The van der Waals surface area contributed by atoms with E-state index in [4.69, 9.17) is 0 Å². The first-order valence-electron chi connectivity index (χ1n) is 4.41. The van der Waals surface area contributed by atoms with Crippen molar-refractivity contribution in [2.24, 2.45) is 0 Å². The predicted octanol–water partition coefficient (Wildman–Crippen LogP) is 1.83. The van der Waals surface area contributed by atoms with Gasteiger partial charge in [-0.05, 0) is 6.07 Å². The number of hydrogen-bond donors (Lipinski definition) is 0. The molecule has 0 aliphatic carbocycles. The number of halogens is 3. The lowest BCUT2D eigenvalue weighted by Gasteiger charge is -2.10. The molecule has 1 aromatic carbocycles. The van der Waals surface area contributed by atoms with Crippen molar-refractivity contribution in [2.45, 2.75) is 5.51 Å². The highest BCUT2D eigenvalue weighted by atomic mass is 32.2. The van der Waals surface area contributed by atoms with Gasteiger partial charge in [0.25, 0.3) is 0 Å². The molecule has 1 rings (SSSR count). The van der Waals surface area contributed by atoms with E-state index in [9.17, 15) is 31.7 Å². The molecule has 0 aromatic heterocycles. The van der Waals surface area contributed by atoms with Crippen LogP contribution in [0.5, 0.6) is 11.5 Å². The van der Waals surface area contributed by atoms with Crippen LogP contribution >= 0.6 is 0 Å². The third-order valence-corrected chi connectivity index (χ3v) is 2.81. The summed E-state index contributed by atoms with van der Waals surface area (Å²) in [5.74, 6) is -1.18. The lowest BCUT2D eigenvalue weighted by molar-refractivity contribution is -0.385. The predicted molar refractivity (Wildman–Crippen MR) is 55.3 cm³/mol. The van der Waals surface area contributed by atoms with Crippen LogP contribution in [0.2, 0.25) is 0 Å². The summed E-state index contributed by atoms with van der Waals surface area (Å²) in [5.41, 5.74) is -6.63. The zero-order valence-corrected chi connectivity index (χ0v) is 9.99. The van der Waals surface area contributed by atoms with Gasteiger partial charge in [0.2, 0.25) is 5.75 Å². The Bertz CT molecular complexity index is 597. The summed E-state index contributed by atoms with van der Waals surface area (Å²) in [7, 11) is -4.85. The maximum absolute atomic E-state index is 12.1. The summed E-state index contributed by atoms with van der Waals surface area (Å²) in [6, 6.07) is 2.51. The van der Waals surface area contributed by atoms with Gasteiger partial charge in [0.15, 0.2) is 0 Å². The number of benzene rings is 1. The summed E-state index contributed by atoms with van der Waals surface area (Å²) in [5, 5.41) is 10.6. The van der Waals surface area contributed by atoms with Gasteiger partial charge in [0, 0.05) is 12.1 Å². The Morgan fingerprint density at radius 3 is 2.32 bits per heavy atom. The van der Waals surface area contributed by atoms with Crippen LogP contribution in [0.4, 0.5) is 18.9 Å². The number of nitro groups is 1. The molecule has 1 aromatic rings. The van der Waals surface area contributed by atoms with Gasteiger partial charge in [0.05, 0.1) is 12.0 Å². The average molecular weight is 301 g/mol. The minimum Gasteiger partial charge on any atom is -0.497 e. The van der Waals surface area contributed by atoms with Crippen molar-refractivity contribution < 1.29 is 35.4 Å². The molecule has 0 heterocycles. The number of nitro benzene ring substituents is 1. The zero-order valence-electron chi connectivity index (χ0n) is 9.17. The molecule has 0 atom stereocenters. The maximum Gasteiger partial charge on any atom is 0.534 e. The van der Waals surface area contributed by atoms with Gasteiger partial charge in [-0.15, -0.1) is 0 Å². The van der Waals surface area contributed by atoms with Gasteiger partial charge in [-0.2, -0.15) is 21.6 Å². The summed E-state index contributed by atoms with van der Waals surface area (Å²) in [6.45, 7) is 0. The van der Waals surface area contributed by atoms with Crippen molar-refractivity contribution in [2.75, 3.05) is 7.11 Å². The van der Waals surface area contributed by atoms with E-state index in [0.29, 0.717) is 6.07 Å². The fraction of sp³-hybridized carbons (Fsp3) is 0.250. The second-order valence-electron chi connectivity index (χ2n) is 3.07. The molecule has 0 amide bonds. The van der Waals surface area contributed by atoms with Crippen LogP contribution in [0.1, 0.15) is 0 Å². The number of methoxy groups -OCH3 is 1. The smallest absolute Gasteiger partial charge is 0.497 e. The first kappa shape index (κ1) is 15.0. The molecule has 19 heavy (non-hydrogen) atoms. The highest BCUT2D eigenvalue weighted by molar-refractivity contribution is 7.88. The van der Waals surface area contributed by atoms with Gasteiger partial charge in [0.1, 0.15) is 5.75 Å². The Labute approximate surface area is 104 Å². The lowest BCUT2D eigenvalue weighted by atomic mass is 10.3. The topological polar surface area (TPSA) is 95.7 Å². The molecule has 0 unspecified atom stereocenters. The Balaban J connectivity index is 3.30. The molecular weight excluding hydrogens is 295 g/mol. The number of rotatable bonds is 4. The van der Waals surface area contributed by atoms with Crippen molar-refractivity contribution in [1.29, 1.82) is 0 Å². The van der Waals surface area contributed by atoms with Crippen molar-refractivity contribution >= 4 is 15.8 Å². The summed E-state index contributed by atoms with van der Waals surface area (Å²) >= 11 is 0. The van der Waals surface area contributed by atoms with Crippen LogP contribution in [-0.4, -0.2) is 26.0 Å². The number of nitrogens with zero attached hydrogens (tertiary/aromatic N) is 1. The van der Waals surface area contributed by atoms with E-state index < -0.39 is 32.0 Å². The Morgan fingerprint density at radius 2 is 1.89 bits per heavy atom. The standard InChI is InChI=1S/C8H6F3NO6S/c1-17-5-2-3-6(12(13)14)7(4-5)18-19(15,16)8(9,10)11/h2-4H,1H3. The molecule has 0 aliphatic rings. The molecule has 0 N–H and O–H groups in total. The van der Waals surface area contributed by atoms with Gasteiger partial charge in [-0.25, -0.2) is 0 Å². The van der Waals surface area contributed by atoms with E-state index in [1.807, 2.05) is 0 Å². The van der Waals surface area contributed by atoms with Crippen molar-refractivity contribution in [3.8, 4) is 11.5 Å². The Hall–Kier alpha value is -2.04. The average Bonchev–Trinajstić information content (AvgIpc) is 2.26. The fourth-order valence-electron chi connectivity index (χ4n) is 1.00. The lowest BCUT2D eigenvalue weighted by Crippen LogP contribution is -2.28. The SMILES string of the molecule is COc1ccc([N+](=O)[O-])c(OS(=O)(=O)C(F)(F)F)c1. The van der Waals surface area contributed by atoms with Gasteiger partial charge in [-0.1, -0.05) is 0 Å². The highest BCUT2D eigenvalue weighted by Crippen LogP contribution is 2.35. The highest BCUT2D eigenvalue weighted by Gasteiger charge is 2.49. The van der Waals surface area contributed by atoms with Crippen LogP contribution in [0.25, 0.3) is 0 Å². The van der Waals surface area contributed by atoms with Crippen LogP contribution in [-0.2, 0) is 10.1 Å². The molecule has 11 heteroatoms. The molecule has 0 radical (unpaired) electrons. The molecule has 7 nitrogen and oxygen atoms in total. The van der Waals surface area contributed by atoms with E-state index in [0.717, 1.165) is 19.2 Å². The van der Waals surface area contributed by atoms with Gasteiger partial charge in [-0.3, -0.25) is 10.1 Å². The molecule has 106 valence electrons. The monoisotopic (exact) mass is 301 g/mol. The molecule has 0 bridgehead atoms. The minimum atomic E-state index is -5.99. The van der Waals surface area contributed by atoms with Crippen molar-refractivity contribution in [3.63, 3.8) is 0 Å². The normalized spacial score (nSPS) is 12.0.